The van der Waals surface area contributed by atoms with Gasteiger partial charge in [0.25, 0.3) is 5.56 Å². The molecular formula is C25H19Cl2N9O3. The number of hydrogen-bond acceptors (Lipinski definition) is 8. The van der Waals surface area contributed by atoms with Gasteiger partial charge in [0.05, 0.1) is 30.2 Å². The summed E-state index contributed by atoms with van der Waals surface area (Å²) in [5.41, 5.74) is 3.47. The van der Waals surface area contributed by atoms with Gasteiger partial charge in [0.15, 0.2) is 5.15 Å². The first kappa shape index (κ1) is 24.8. The van der Waals surface area contributed by atoms with E-state index in [1.807, 2.05) is 0 Å². The van der Waals surface area contributed by atoms with Gasteiger partial charge < -0.3 is 9.72 Å². The Balaban J connectivity index is 1.33. The molecular weight excluding hydrogens is 545 g/mol. The highest BCUT2D eigenvalue weighted by atomic mass is 35.5. The maximum absolute atomic E-state index is 13.4. The SMILES string of the molecule is COC(=O)Nc1ccc(-c2nc(Cl)c([C@@H]3CCc4nc(-c5cc(Cl)ccc5-n5cnnn5)cc(=O)n43)[nH]2)cc1. The summed E-state index contributed by atoms with van der Waals surface area (Å²) in [5, 5.41) is 14.7. The number of halogens is 2. The molecule has 196 valence electrons. The molecule has 14 heteroatoms. The van der Waals surface area contributed by atoms with Gasteiger partial charge in [-0.05, 0) is 59.3 Å². The van der Waals surface area contributed by atoms with Gasteiger partial charge in [0, 0.05) is 34.3 Å². The molecule has 0 fully saturated rings. The summed E-state index contributed by atoms with van der Waals surface area (Å²) in [4.78, 5) is 37.4. The summed E-state index contributed by atoms with van der Waals surface area (Å²) in [6.07, 6.45) is 2.08. The number of benzene rings is 2. The molecule has 1 atom stereocenters. The number of aromatic amines is 1. The van der Waals surface area contributed by atoms with Crippen LogP contribution >= 0.6 is 23.2 Å². The monoisotopic (exact) mass is 563 g/mol. The van der Waals surface area contributed by atoms with E-state index in [1.54, 1.807) is 47.0 Å². The van der Waals surface area contributed by atoms with Gasteiger partial charge in [-0.1, -0.05) is 23.2 Å². The van der Waals surface area contributed by atoms with Crippen molar-refractivity contribution in [2.45, 2.75) is 18.9 Å². The van der Waals surface area contributed by atoms with Crippen LogP contribution in [0.15, 0.2) is 59.7 Å². The summed E-state index contributed by atoms with van der Waals surface area (Å²) in [6.45, 7) is 0. The van der Waals surface area contributed by atoms with Gasteiger partial charge in [-0.15, -0.1) is 5.10 Å². The third-order valence-corrected chi connectivity index (χ3v) is 6.94. The lowest BCUT2D eigenvalue weighted by atomic mass is 10.1. The van der Waals surface area contributed by atoms with Gasteiger partial charge in [-0.2, -0.15) is 4.68 Å². The summed E-state index contributed by atoms with van der Waals surface area (Å²) < 4.78 is 7.74. The summed E-state index contributed by atoms with van der Waals surface area (Å²) in [6, 6.07) is 13.4. The molecule has 0 unspecified atom stereocenters. The molecule has 3 aromatic heterocycles. The van der Waals surface area contributed by atoms with Gasteiger partial charge in [0.1, 0.15) is 18.0 Å². The number of nitrogens with zero attached hydrogens (tertiary/aromatic N) is 7. The molecule has 4 heterocycles. The molecule has 0 spiro atoms. The smallest absolute Gasteiger partial charge is 0.411 e. The molecule has 12 nitrogen and oxygen atoms in total. The fraction of sp³-hybridized carbons (Fsp3) is 0.160. The zero-order valence-corrected chi connectivity index (χ0v) is 21.8. The first-order chi connectivity index (χ1) is 18.9. The van der Waals surface area contributed by atoms with Crippen molar-refractivity contribution in [1.82, 2.24) is 39.7 Å². The molecule has 1 aliphatic heterocycles. The molecule has 0 aliphatic carbocycles. The Morgan fingerprint density at radius 1 is 1.13 bits per heavy atom. The average molecular weight is 564 g/mol. The van der Waals surface area contributed by atoms with Crippen molar-refractivity contribution in [2.75, 3.05) is 12.4 Å². The number of hydrogen-bond donors (Lipinski definition) is 2. The molecule has 2 N–H and O–H groups in total. The zero-order valence-electron chi connectivity index (χ0n) is 20.3. The van der Waals surface area contributed by atoms with Crippen molar-refractivity contribution in [2.24, 2.45) is 0 Å². The van der Waals surface area contributed by atoms with E-state index in [-0.39, 0.29) is 16.8 Å². The van der Waals surface area contributed by atoms with Crippen molar-refractivity contribution in [3.05, 3.63) is 86.9 Å². The van der Waals surface area contributed by atoms with E-state index in [1.165, 1.54) is 24.2 Å². The standard InChI is InChI=1S/C25H19Cl2N9O3/c1-39-25(38)29-15-5-2-13(3-6-15)24-31-22(23(27)32-24)19-8-9-20-30-17(11-21(37)36(19)20)16-10-14(26)4-7-18(16)35-12-28-33-34-35/h2-7,10-12,19H,8-9H2,1H3,(H,29,38)(H,31,32)/t19-/m0/s1. The Hall–Kier alpha value is -4.55. The number of carbonyl (C=O) groups is 1. The van der Waals surface area contributed by atoms with E-state index in [2.05, 4.69) is 35.5 Å². The van der Waals surface area contributed by atoms with Crippen LogP contribution in [-0.2, 0) is 11.2 Å². The number of carbonyl (C=O) groups excluding carboxylic acids is 1. The largest absolute Gasteiger partial charge is 0.453 e. The fourth-order valence-electron chi connectivity index (χ4n) is 4.64. The molecule has 1 aliphatic rings. The van der Waals surface area contributed by atoms with Crippen molar-refractivity contribution in [3.8, 4) is 28.3 Å². The second kappa shape index (κ2) is 9.97. The Morgan fingerprint density at radius 2 is 1.95 bits per heavy atom. The van der Waals surface area contributed by atoms with Crippen LogP contribution in [0.1, 0.15) is 24.0 Å². The Bertz CT molecular complexity index is 1750. The molecule has 6 rings (SSSR count). The number of rotatable bonds is 5. The normalized spacial score (nSPS) is 14.3. The van der Waals surface area contributed by atoms with E-state index in [4.69, 9.17) is 28.2 Å². The highest BCUT2D eigenvalue weighted by molar-refractivity contribution is 6.31. The average Bonchev–Trinajstić information content (AvgIpc) is 3.69. The van der Waals surface area contributed by atoms with Crippen LogP contribution in [0.2, 0.25) is 10.2 Å². The van der Waals surface area contributed by atoms with Crippen molar-refractivity contribution in [1.29, 1.82) is 0 Å². The lowest BCUT2D eigenvalue weighted by molar-refractivity contribution is 0.187. The van der Waals surface area contributed by atoms with Crippen molar-refractivity contribution < 1.29 is 9.53 Å². The van der Waals surface area contributed by atoms with Gasteiger partial charge >= 0.3 is 6.09 Å². The van der Waals surface area contributed by atoms with Crippen LogP contribution in [0.5, 0.6) is 0 Å². The number of methoxy groups -OCH3 is 1. The van der Waals surface area contributed by atoms with Crippen LogP contribution in [0.4, 0.5) is 10.5 Å². The molecule has 0 saturated carbocycles. The van der Waals surface area contributed by atoms with Crippen LogP contribution in [0.25, 0.3) is 28.3 Å². The van der Waals surface area contributed by atoms with E-state index in [0.29, 0.717) is 57.8 Å². The maximum Gasteiger partial charge on any atom is 0.411 e. The minimum absolute atomic E-state index is 0.231. The van der Waals surface area contributed by atoms with Crippen molar-refractivity contribution >= 4 is 35.0 Å². The predicted molar refractivity (Wildman–Crippen MR) is 143 cm³/mol. The number of aromatic nitrogens is 8. The van der Waals surface area contributed by atoms with Gasteiger partial charge in [0.2, 0.25) is 0 Å². The first-order valence-electron chi connectivity index (χ1n) is 11.8. The van der Waals surface area contributed by atoms with E-state index >= 15 is 0 Å². The van der Waals surface area contributed by atoms with E-state index in [0.717, 1.165) is 5.56 Å². The predicted octanol–water partition coefficient (Wildman–Crippen LogP) is 4.30. The summed E-state index contributed by atoms with van der Waals surface area (Å²) in [5.74, 6) is 1.16. The second-order valence-corrected chi connectivity index (χ2v) is 9.51. The lowest BCUT2D eigenvalue weighted by Crippen LogP contribution is -2.25. The quantitative estimate of drug-likeness (QED) is 0.322. The number of ether oxygens (including phenoxy) is 1. The Kier molecular flexibility index (Phi) is 6.33. The molecule has 0 radical (unpaired) electrons. The number of imidazole rings is 1. The minimum atomic E-state index is -0.560. The molecule has 0 bridgehead atoms. The molecule has 5 aromatic rings. The van der Waals surface area contributed by atoms with E-state index in [9.17, 15) is 9.59 Å². The molecule has 1 amide bonds. The number of H-pyrrole nitrogens is 1. The molecule has 2 aromatic carbocycles. The third-order valence-electron chi connectivity index (χ3n) is 6.42. The van der Waals surface area contributed by atoms with Crippen LogP contribution in [0.3, 0.4) is 0 Å². The second-order valence-electron chi connectivity index (χ2n) is 8.72. The zero-order chi connectivity index (χ0) is 27.1. The highest BCUT2D eigenvalue weighted by Gasteiger charge is 2.30. The number of amides is 1. The number of fused-ring (bicyclic) bond motifs is 1. The van der Waals surface area contributed by atoms with Gasteiger partial charge in [-0.25, -0.2) is 14.8 Å². The van der Waals surface area contributed by atoms with Gasteiger partial charge in [-0.3, -0.25) is 14.7 Å². The van der Waals surface area contributed by atoms with Crippen LogP contribution in [-0.4, -0.2) is 52.9 Å². The van der Waals surface area contributed by atoms with Crippen molar-refractivity contribution in [3.63, 3.8) is 0 Å². The fourth-order valence-corrected chi connectivity index (χ4v) is 5.07. The Morgan fingerprint density at radius 3 is 2.69 bits per heavy atom. The molecule has 39 heavy (non-hydrogen) atoms. The maximum atomic E-state index is 13.4. The third kappa shape index (κ3) is 4.64. The summed E-state index contributed by atoms with van der Waals surface area (Å²) >= 11 is 12.8. The first-order valence-corrected chi connectivity index (χ1v) is 12.5. The summed E-state index contributed by atoms with van der Waals surface area (Å²) in [7, 11) is 1.30. The van der Waals surface area contributed by atoms with Crippen LogP contribution in [0, 0.1) is 0 Å². The van der Waals surface area contributed by atoms with E-state index < -0.39 is 6.09 Å². The number of anilines is 1. The number of nitrogens with one attached hydrogen (secondary N) is 2. The van der Waals surface area contributed by atoms with Crippen LogP contribution < -0.4 is 10.9 Å². The topological polar surface area (TPSA) is 146 Å². The highest BCUT2D eigenvalue weighted by Crippen LogP contribution is 2.35. The molecule has 0 saturated heterocycles. The number of aryl methyl sites for hydroxylation is 1. The lowest BCUT2D eigenvalue weighted by Gasteiger charge is -2.15. The Labute approximate surface area is 230 Å². The number of tetrazole rings is 1. The minimum Gasteiger partial charge on any atom is -0.453 e.